The van der Waals surface area contributed by atoms with Crippen molar-refractivity contribution in [1.29, 1.82) is 0 Å². The van der Waals surface area contributed by atoms with Gasteiger partial charge in [0.05, 0.1) is 6.54 Å². The summed E-state index contributed by atoms with van der Waals surface area (Å²) in [4.78, 5) is 27.2. The van der Waals surface area contributed by atoms with Gasteiger partial charge in [0.15, 0.2) is 0 Å². The minimum atomic E-state index is -0.752. The Balaban J connectivity index is 2.80. The minimum Gasteiger partial charge on any atom is -0.347 e. The van der Waals surface area contributed by atoms with Crippen molar-refractivity contribution in [2.24, 2.45) is 0 Å². The van der Waals surface area contributed by atoms with E-state index in [1.165, 1.54) is 9.80 Å². The van der Waals surface area contributed by atoms with Gasteiger partial charge in [-0.2, -0.15) is 0 Å². The molecule has 1 rings (SSSR count). The van der Waals surface area contributed by atoms with Crippen molar-refractivity contribution >= 4 is 23.4 Å². The molecule has 110 valence electrons. The summed E-state index contributed by atoms with van der Waals surface area (Å²) >= 11 is 6.23. The molecule has 0 N–H and O–H groups in total. The summed E-state index contributed by atoms with van der Waals surface area (Å²) in [5.74, 6) is -0.335. The molecule has 0 bridgehead atoms. The first-order chi connectivity index (χ1) is 9.47. The smallest absolute Gasteiger partial charge is 0.245 e. The molecule has 5 heteroatoms. The Morgan fingerprint density at radius 3 is 2.30 bits per heavy atom. The number of carbonyl (C=O) groups excluding carboxylic acids is 2. The van der Waals surface area contributed by atoms with E-state index in [-0.39, 0.29) is 18.4 Å². The molecular formula is C15H21ClN2O2. The number of nitrogens with zero attached hydrogens (tertiary/aromatic N) is 2. The largest absolute Gasteiger partial charge is 0.347 e. The fraction of sp³-hybridized carbons (Fsp3) is 0.467. The quantitative estimate of drug-likeness (QED) is 0.756. The Morgan fingerprint density at radius 1 is 1.20 bits per heavy atom. The van der Waals surface area contributed by atoms with Gasteiger partial charge < -0.3 is 9.80 Å². The summed E-state index contributed by atoms with van der Waals surface area (Å²) in [6.07, 6.45) is 0.783. The topological polar surface area (TPSA) is 40.6 Å². The highest BCUT2D eigenvalue weighted by Gasteiger charge is 2.25. The van der Waals surface area contributed by atoms with Crippen molar-refractivity contribution in [3.05, 3.63) is 35.9 Å². The Kier molecular flexibility index (Phi) is 6.52. The molecule has 0 aliphatic heterocycles. The highest BCUT2D eigenvalue weighted by atomic mass is 35.5. The van der Waals surface area contributed by atoms with Crippen LogP contribution in [0.5, 0.6) is 0 Å². The minimum absolute atomic E-state index is 0.0652. The van der Waals surface area contributed by atoms with Gasteiger partial charge in [-0.1, -0.05) is 37.3 Å². The highest BCUT2D eigenvalue weighted by Crippen LogP contribution is 2.22. The van der Waals surface area contributed by atoms with Gasteiger partial charge in [-0.05, 0) is 12.0 Å². The van der Waals surface area contributed by atoms with Crippen molar-refractivity contribution in [2.45, 2.75) is 18.7 Å². The average Bonchev–Trinajstić information content (AvgIpc) is 2.46. The van der Waals surface area contributed by atoms with Crippen LogP contribution in [0.25, 0.3) is 0 Å². The van der Waals surface area contributed by atoms with Gasteiger partial charge in [0.2, 0.25) is 11.8 Å². The van der Waals surface area contributed by atoms with Gasteiger partial charge in [0.1, 0.15) is 5.38 Å². The summed E-state index contributed by atoms with van der Waals surface area (Å²) in [7, 11) is 3.35. The zero-order valence-corrected chi connectivity index (χ0v) is 12.9. The van der Waals surface area contributed by atoms with E-state index in [9.17, 15) is 9.59 Å². The maximum atomic E-state index is 12.4. The van der Waals surface area contributed by atoms with Crippen LogP contribution < -0.4 is 0 Å². The van der Waals surface area contributed by atoms with Gasteiger partial charge in [-0.15, -0.1) is 11.6 Å². The average molecular weight is 297 g/mol. The number of rotatable bonds is 6. The molecular weight excluding hydrogens is 276 g/mol. The van der Waals surface area contributed by atoms with E-state index in [0.29, 0.717) is 6.54 Å². The lowest BCUT2D eigenvalue weighted by Gasteiger charge is -2.25. The maximum Gasteiger partial charge on any atom is 0.245 e. The first kappa shape index (κ1) is 16.5. The molecule has 4 nitrogen and oxygen atoms in total. The van der Waals surface area contributed by atoms with E-state index in [4.69, 9.17) is 11.6 Å². The third kappa shape index (κ3) is 4.53. The van der Waals surface area contributed by atoms with E-state index in [0.717, 1.165) is 12.0 Å². The van der Waals surface area contributed by atoms with Crippen LogP contribution in [0.1, 0.15) is 24.3 Å². The fourth-order valence-corrected chi connectivity index (χ4v) is 2.05. The van der Waals surface area contributed by atoms with Crippen LogP contribution >= 0.6 is 11.6 Å². The van der Waals surface area contributed by atoms with Crippen LogP contribution in [0, 0.1) is 0 Å². The molecule has 2 amide bonds. The maximum absolute atomic E-state index is 12.4. The second-order valence-electron chi connectivity index (χ2n) is 4.82. The van der Waals surface area contributed by atoms with Gasteiger partial charge in [0, 0.05) is 20.6 Å². The number of halogens is 1. The molecule has 0 saturated heterocycles. The Hall–Kier alpha value is -1.55. The van der Waals surface area contributed by atoms with Crippen molar-refractivity contribution in [3.63, 3.8) is 0 Å². The zero-order chi connectivity index (χ0) is 15.1. The van der Waals surface area contributed by atoms with Crippen molar-refractivity contribution in [3.8, 4) is 0 Å². The zero-order valence-electron chi connectivity index (χ0n) is 12.2. The molecule has 0 aromatic heterocycles. The molecule has 0 aliphatic rings. The molecule has 0 heterocycles. The van der Waals surface area contributed by atoms with Crippen molar-refractivity contribution in [1.82, 2.24) is 9.80 Å². The molecule has 1 aromatic carbocycles. The number of likely N-dealkylation sites (N-methyl/N-ethyl adjacent to an activating group) is 1. The third-order valence-electron chi connectivity index (χ3n) is 2.94. The molecule has 0 fully saturated rings. The van der Waals surface area contributed by atoms with Crippen LogP contribution in [-0.4, -0.2) is 48.8 Å². The lowest BCUT2D eigenvalue weighted by Crippen LogP contribution is -2.42. The monoisotopic (exact) mass is 296 g/mol. The van der Waals surface area contributed by atoms with E-state index in [2.05, 4.69) is 0 Å². The van der Waals surface area contributed by atoms with Gasteiger partial charge >= 0.3 is 0 Å². The van der Waals surface area contributed by atoms with Crippen LogP contribution in [0.2, 0.25) is 0 Å². The predicted molar refractivity (Wildman–Crippen MR) is 80.6 cm³/mol. The van der Waals surface area contributed by atoms with Crippen LogP contribution in [0.15, 0.2) is 30.3 Å². The third-order valence-corrected chi connectivity index (χ3v) is 3.38. The molecule has 1 atom stereocenters. The predicted octanol–water partition coefficient (Wildman–Crippen LogP) is 2.29. The lowest BCUT2D eigenvalue weighted by atomic mass is 10.1. The number of carbonyl (C=O) groups is 2. The number of amides is 2. The number of alkyl halides is 1. The first-order valence-electron chi connectivity index (χ1n) is 6.65. The van der Waals surface area contributed by atoms with E-state index >= 15 is 0 Å². The molecule has 1 aromatic rings. The molecule has 20 heavy (non-hydrogen) atoms. The molecule has 0 spiro atoms. The lowest BCUT2D eigenvalue weighted by molar-refractivity contribution is -0.139. The fourth-order valence-electron chi connectivity index (χ4n) is 1.77. The van der Waals surface area contributed by atoms with E-state index < -0.39 is 5.38 Å². The molecule has 0 saturated carbocycles. The standard InChI is InChI=1S/C15H21ClN2O2/c1-4-10-18(11-13(19)17(2)3)15(20)14(16)12-8-6-5-7-9-12/h5-9,14H,4,10-11H2,1-3H3. The Bertz CT molecular complexity index is 448. The summed E-state index contributed by atoms with van der Waals surface area (Å²) in [6, 6.07) is 9.18. The van der Waals surface area contributed by atoms with Gasteiger partial charge in [0.25, 0.3) is 0 Å². The van der Waals surface area contributed by atoms with E-state index in [1.807, 2.05) is 37.3 Å². The van der Waals surface area contributed by atoms with Crippen LogP contribution in [-0.2, 0) is 9.59 Å². The first-order valence-corrected chi connectivity index (χ1v) is 7.09. The molecule has 0 radical (unpaired) electrons. The number of hydrogen-bond donors (Lipinski definition) is 0. The summed E-state index contributed by atoms with van der Waals surface area (Å²) in [5, 5.41) is -0.752. The summed E-state index contributed by atoms with van der Waals surface area (Å²) in [5.41, 5.74) is 0.748. The summed E-state index contributed by atoms with van der Waals surface area (Å²) < 4.78 is 0. The number of hydrogen-bond acceptors (Lipinski definition) is 2. The highest BCUT2D eigenvalue weighted by molar-refractivity contribution is 6.30. The SMILES string of the molecule is CCCN(CC(=O)N(C)C)C(=O)C(Cl)c1ccccc1. The van der Waals surface area contributed by atoms with Gasteiger partial charge in [-0.25, -0.2) is 0 Å². The Morgan fingerprint density at radius 2 is 1.80 bits per heavy atom. The Labute approximate surface area is 125 Å². The van der Waals surface area contributed by atoms with Crippen molar-refractivity contribution in [2.75, 3.05) is 27.2 Å². The molecule has 1 unspecified atom stereocenters. The second kappa shape index (κ2) is 7.90. The van der Waals surface area contributed by atoms with Crippen LogP contribution in [0.4, 0.5) is 0 Å². The normalized spacial score (nSPS) is 11.8. The number of benzene rings is 1. The van der Waals surface area contributed by atoms with Gasteiger partial charge in [-0.3, -0.25) is 9.59 Å². The van der Waals surface area contributed by atoms with Crippen LogP contribution in [0.3, 0.4) is 0 Å². The second-order valence-corrected chi connectivity index (χ2v) is 5.26. The van der Waals surface area contributed by atoms with Crippen molar-refractivity contribution < 1.29 is 9.59 Å². The molecule has 0 aliphatic carbocycles. The van der Waals surface area contributed by atoms with E-state index in [1.54, 1.807) is 14.1 Å². The summed E-state index contributed by atoms with van der Waals surface area (Å²) in [6.45, 7) is 2.55.